The van der Waals surface area contributed by atoms with Crippen LogP contribution in [0.4, 0.5) is 13.2 Å². The van der Waals surface area contributed by atoms with Crippen molar-refractivity contribution < 1.29 is 27.4 Å². The van der Waals surface area contributed by atoms with Crippen LogP contribution in [0.1, 0.15) is 28.0 Å². The predicted molar refractivity (Wildman–Crippen MR) is 106 cm³/mol. The number of aromatic nitrogens is 4. The number of amides is 1. The summed E-state index contributed by atoms with van der Waals surface area (Å²) in [4.78, 5) is 20.6. The molecule has 0 atom stereocenters. The summed E-state index contributed by atoms with van der Waals surface area (Å²) in [5.74, 6) is -0.367. The average Bonchev–Trinajstić information content (AvgIpc) is 3.12. The molecule has 0 unspecified atom stereocenters. The van der Waals surface area contributed by atoms with Crippen LogP contribution in [0.15, 0.2) is 30.7 Å². The number of hydrogen-bond acceptors (Lipinski definition) is 6. The fraction of sp³-hybridized carbons (Fsp3) is 0.400. The maximum Gasteiger partial charge on any atom is 0.422 e. The van der Waals surface area contributed by atoms with Crippen molar-refractivity contribution >= 4 is 16.8 Å². The Bertz CT molecular complexity index is 1050. The molecule has 8 nitrogen and oxygen atoms in total. The zero-order valence-electron chi connectivity index (χ0n) is 17.1. The molecular weight excluding hydrogens is 415 g/mol. The van der Waals surface area contributed by atoms with Gasteiger partial charge in [-0.05, 0) is 31.0 Å². The van der Waals surface area contributed by atoms with Crippen molar-refractivity contribution in [1.29, 1.82) is 0 Å². The highest BCUT2D eigenvalue weighted by atomic mass is 19.4. The van der Waals surface area contributed by atoms with E-state index in [0.717, 1.165) is 5.56 Å². The number of methoxy groups -OCH3 is 1. The SMILES string of the molecule is COCCCNC(=O)c1nccc2nn(Cc3cnc(OCC(F)(F)F)c(C)c3)cc12. The third kappa shape index (κ3) is 6.14. The molecule has 0 aliphatic carbocycles. The Hall–Kier alpha value is -3.21. The molecule has 3 rings (SSSR count). The molecule has 0 bridgehead atoms. The molecule has 11 heteroatoms. The Morgan fingerprint density at radius 2 is 2.10 bits per heavy atom. The molecule has 166 valence electrons. The molecule has 1 N–H and O–H groups in total. The highest BCUT2D eigenvalue weighted by Crippen LogP contribution is 2.21. The Labute approximate surface area is 176 Å². The molecule has 0 aromatic carbocycles. The highest BCUT2D eigenvalue weighted by Gasteiger charge is 2.29. The van der Waals surface area contributed by atoms with Gasteiger partial charge < -0.3 is 14.8 Å². The summed E-state index contributed by atoms with van der Waals surface area (Å²) in [6.07, 6.45) is 0.918. The Balaban J connectivity index is 1.72. The first kappa shape index (κ1) is 22.5. The van der Waals surface area contributed by atoms with Crippen molar-refractivity contribution in [3.8, 4) is 5.88 Å². The maximum atomic E-state index is 12.4. The number of carbonyl (C=O) groups excluding carboxylic acids is 1. The second kappa shape index (κ2) is 9.73. The van der Waals surface area contributed by atoms with Crippen molar-refractivity contribution in [3.05, 3.63) is 47.5 Å². The molecular formula is C20H22F3N5O3. The minimum atomic E-state index is -4.43. The lowest BCUT2D eigenvalue weighted by atomic mass is 10.2. The largest absolute Gasteiger partial charge is 0.468 e. The second-order valence-electron chi connectivity index (χ2n) is 6.89. The lowest BCUT2D eigenvalue weighted by molar-refractivity contribution is -0.154. The van der Waals surface area contributed by atoms with Crippen molar-refractivity contribution in [2.24, 2.45) is 0 Å². The normalized spacial score (nSPS) is 11.6. The van der Waals surface area contributed by atoms with Gasteiger partial charge in [-0.2, -0.15) is 18.3 Å². The van der Waals surface area contributed by atoms with Crippen LogP contribution < -0.4 is 10.1 Å². The van der Waals surface area contributed by atoms with Crippen LogP contribution in [0.3, 0.4) is 0 Å². The fourth-order valence-electron chi connectivity index (χ4n) is 2.95. The molecule has 0 aliphatic rings. The van der Waals surface area contributed by atoms with Gasteiger partial charge in [0.1, 0.15) is 5.69 Å². The van der Waals surface area contributed by atoms with Gasteiger partial charge in [0.15, 0.2) is 6.61 Å². The summed E-state index contributed by atoms with van der Waals surface area (Å²) < 4.78 is 48.3. The van der Waals surface area contributed by atoms with E-state index in [2.05, 4.69) is 20.4 Å². The van der Waals surface area contributed by atoms with Gasteiger partial charge >= 0.3 is 6.18 Å². The quantitative estimate of drug-likeness (QED) is 0.518. The second-order valence-corrected chi connectivity index (χ2v) is 6.89. The monoisotopic (exact) mass is 437 g/mol. The van der Waals surface area contributed by atoms with Crippen molar-refractivity contribution in [2.75, 3.05) is 26.9 Å². The first-order valence-corrected chi connectivity index (χ1v) is 9.51. The van der Waals surface area contributed by atoms with E-state index in [1.165, 1.54) is 12.4 Å². The number of nitrogens with zero attached hydrogens (tertiary/aromatic N) is 4. The Kier molecular flexibility index (Phi) is 7.06. The van der Waals surface area contributed by atoms with E-state index in [9.17, 15) is 18.0 Å². The van der Waals surface area contributed by atoms with E-state index in [0.29, 0.717) is 42.6 Å². The number of fused-ring (bicyclic) bond motifs is 1. The molecule has 0 fully saturated rings. The molecule has 0 saturated carbocycles. The summed E-state index contributed by atoms with van der Waals surface area (Å²) in [5, 5.41) is 7.85. The molecule has 3 aromatic heterocycles. The van der Waals surface area contributed by atoms with E-state index in [4.69, 9.17) is 9.47 Å². The summed E-state index contributed by atoms with van der Waals surface area (Å²) in [6.45, 7) is 1.55. The lowest BCUT2D eigenvalue weighted by Crippen LogP contribution is -2.26. The number of carbonyl (C=O) groups is 1. The van der Waals surface area contributed by atoms with Gasteiger partial charge in [0, 0.05) is 44.4 Å². The maximum absolute atomic E-state index is 12.4. The molecule has 0 spiro atoms. The molecule has 3 heterocycles. The Morgan fingerprint density at radius 3 is 2.81 bits per heavy atom. The molecule has 3 aromatic rings. The summed E-state index contributed by atoms with van der Waals surface area (Å²) in [5.41, 5.74) is 2.08. The number of halogens is 3. The average molecular weight is 437 g/mol. The number of alkyl halides is 3. The topological polar surface area (TPSA) is 91.2 Å². The summed E-state index contributed by atoms with van der Waals surface area (Å²) in [7, 11) is 1.60. The van der Waals surface area contributed by atoms with Crippen LogP contribution in [-0.2, 0) is 11.3 Å². The first-order chi connectivity index (χ1) is 14.8. The van der Waals surface area contributed by atoms with Crippen LogP contribution in [0.5, 0.6) is 5.88 Å². The van der Waals surface area contributed by atoms with Crippen LogP contribution in [0.25, 0.3) is 10.9 Å². The van der Waals surface area contributed by atoms with Gasteiger partial charge in [0.05, 0.1) is 17.4 Å². The summed E-state index contributed by atoms with van der Waals surface area (Å²) >= 11 is 0. The molecule has 0 saturated heterocycles. The van der Waals surface area contributed by atoms with Gasteiger partial charge in [-0.25, -0.2) is 4.98 Å². The zero-order chi connectivity index (χ0) is 22.4. The van der Waals surface area contributed by atoms with Crippen LogP contribution in [-0.4, -0.2) is 58.7 Å². The number of rotatable bonds is 9. The smallest absolute Gasteiger partial charge is 0.422 e. The van der Waals surface area contributed by atoms with E-state index >= 15 is 0 Å². The number of nitrogens with one attached hydrogen (secondary N) is 1. The number of hydrogen-bond donors (Lipinski definition) is 1. The number of pyridine rings is 2. The van der Waals surface area contributed by atoms with E-state index in [1.54, 1.807) is 37.0 Å². The van der Waals surface area contributed by atoms with E-state index in [1.807, 2.05) is 0 Å². The Morgan fingerprint density at radius 1 is 1.29 bits per heavy atom. The third-order valence-electron chi connectivity index (χ3n) is 4.31. The van der Waals surface area contributed by atoms with Crippen LogP contribution in [0.2, 0.25) is 0 Å². The minimum absolute atomic E-state index is 0.0664. The molecule has 0 radical (unpaired) electrons. The lowest BCUT2D eigenvalue weighted by Gasteiger charge is -2.11. The van der Waals surface area contributed by atoms with Gasteiger partial charge in [-0.3, -0.25) is 14.5 Å². The first-order valence-electron chi connectivity index (χ1n) is 9.51. The third-order valence-corrected chi connectivity index (χ3v) is 4.31. The van der Waals surface area contributed by atoms with Gasteiger partial charge in [-0.1, -0.05) is 0 Å². The molecule has 31 heavy (non-hydrogen) atoms. The zero-order valence-corrected chi connectivity index (χ0v) is 17.1. The van der Waals surface area contributed by atoms with Gasteiger partial charge in [0.25, 0.3) is 5.91 Å². The van der Waals surface area contributed by atoms with Crippen LogP contribution in [0, 0.1) is 6.92 Å². The van der Waals surface area contributed by atoms with E-state index < -0.39 is 12.8 Å². The number of ether oxygens (including phenoxy) is 2. The van der Waals surface area contributed by atoms with E-state index in [-0.39, 0.29) is 17.5 Å². The molecule has 0 aliphatic heterocycles. The number of aryl methyl sites for hydroxylation is 1. The molecule has 1 amide bonds. The fourth-order valence-corrected chi connectivity index (χ4v) is 2.95. The predicted octanol–water partition coefficient (Wildman–Crippen LogP) is 2.89. The van der Waals surface area contributed by atoms with Crippen molar-refractivity contribution in [3.63, 3.8) is 0 Å². The van der Waals surface area contributed by atoms with Crippen LogP contribution >= 0.6 is 0 Å². The van der Waals surface area contributed by atoms with Crippen molar-refractivity contribution in [2.45, 2.75) is 26.1 Å². The van der Waals surface area contributed by atoms with Gasteiger partial charge in [0.2, 0.25) is 5.88 Å². The summed E-state index contributed by atoms with van der Waals surface area (Å²) in [6, 6.07) is 3.39. The van der Waals surface area contributed by atoms with Gasteiger partial charge in [-0.15, -0.1) is 0 Å². The minimum Gasteiger partial charge on any atom is -0.468 e. The highest BCUT2D eigenvalue weighted by molar-refractivity contribution is 6.04. The standard InChI is InChI=1S/C20H22F3N5O3/c1-13-8-14(9-26-19(13)31-12-20(21,22)23)10-28-11-15-16(27-28)4-6-24-17(15)18(29)25-5-3-7-30-2/h4,6,8-9,11H,3,5,7,10,12H2,1-2H3,(H,25,29). The van der Waals surface area contributed by atoms with Crippen molar-refractivity contribution in [1.82, 2.24) is 25.1 Å².